The molecule has 1 nitrogen and oxygen atoms in total. The van der Waals surface area contributed by atoms with Crippen molar-refractivity contribution in [2.45, 2.75) is 35.4 Å². The fourth-order valence-corrected chi connectivity index (χ4v) is 3.99. The Morgan fingerprint density at radius 1 is 1.55 bits per heavy atom. The summed E-state index contributed by atoms with van der Waals surface area (Å²) in [5, 5.41) is 4.11. The highest BCUT2D eigenvalue weighted by Crippen LogP contribution is 2.36. The number of hydrogen-bond donors (Lipinski definition) is 1. The summed E-state index contributed by atoms with van der Waals surface area (Å²) >= 11 is 10.6. The van der Waals surface area contributed by atoms with Gasteiger partial charge in [-0.05, 0) is 19.3 Å². The van der Waals surface area contributed by atoms with Gasteiger partial charge >= 0.3 is 0 Å². The highest BCUT2D eigenvalue weighted by atomic mass is 79.9. The molecule has 1 saturated heterocycles. The van der Waals surface area contributed by atoms with Crippen LogP contribution < -0.4 is 5.32 Å². The summed E-state index contributed by atoms with van der Waals surface area (Å²) in [6.07, 6.45) is 3.84. The van der Waals surface area contributed by atoms with Gasteiger partial charge < -0.3 is 5.32 Å². The molecule has 1 aliphatic carbocycles. The molecule has 1 N–H and O–H groups in total. The average molecular weight is 252 g/mol. The van der Waals surface area contributed by atoms with E-state index in [0.717, 1.165) is 9.57 Å². The molecule has 2 fully saturated rings. The molecule has 0 aromatic carbocycles. The third-order valence-electron chi connectivity index (χ3n) is 2.28. The van der Waals surface area contributed by atoms with Crippen molar-refractivity contribution < 1.29 is 0 Å². The number of nitrogens with one attached hydrogen (secondary N) is 1. The van der Waals surface area contributed by atoms with Crippen LogP contribution in [0.1, 0.15) is 19.3 Å². The van der Waals surface area contributed by atoms with Gasteiger partial charge in [0.15, 0.2) is 0 Å². The van der Waals surface area contributed by atoms with Gasteiger partial charge in [0.1, 0.15) is 4.32 Å². The van der Waals surface area contributed by atoms with Gasteiger partial charge in [0, 0.05) is 16.1 Å². The number of alkyl halides is 1. The van der Waals surface area contributed by atoms with E-state index in [1.54, 1.807) is 0 Å². The van der Waals surface area contributed by atoms with Crippen LogP contribution in [0.25, 0.3) is 0 Å². The van der Waals surface area contributed by atoms with Gasteiger partial charge in [0.25, 0.3) is 0 Å². The lowest BCUT2D eigenvalue weighted by molar-refractivity contribution is 0.450. The molecule has 1 saturated carbocycles. The lowest BCUT2D eigenvalue weighted by Gasteiger charge is -2.26. The van der Waals surface area contributed by atoms with E-state index in [-0.39, 0.29) is 0 Å². The third-order valence-corrected chi connectivity index (χ3v) is 4.72. The van der Waals surface area contributed by atoms with Crippen LogP contribution in [-0.2, 0) is 0 Å². The number of thioether (sulfide) groups is 1. The summed E-state index contributed by atoms with van der Waals surface area (Å²) in [6, 6.07) is 0.644. The van der Waals surface area contributed by atoms with Gasteiger partial charge in [-0.15, -0.1) is 0 Å². The molecular formula is C7H10BrNS2. The van der Waals surface area contributed by atoms with Crippen LogP contribution in [-0.4, -0.2) is 20.4 Å². The SMILES string of the molecule is S=C1NC2CC(Br)CCC2S1. The standard InChI is InChI=1S/C7H10BrNS2/c8-4-1-2-6-5(3-4)9-7(10)11-6/h4-6H,1-3H2,(H,9,10). The fraction of sp³-hybridized carbons (Fsp3) is 0.857. The average Bonchev–Trinajstić information content (AvgIpc) is 2.27. The number of fused-ring (bicyclic) bond motifs is 1. The minimum atomic E-state index is 0.644. The maximum absolute atomic E-state index is 5.11. The molecule has 2 rings (SSSR count). The first-order valence-corrected chi connectivity index (χ1v) is 6.07. The Morgan fingerprint density at radius 3 is 3.18 bits per heavy atom. The Bertz CT molecular complexity index is 185. The number of hydrogen-bond acceptors (Lipinski definition) is 2. The third kappa shape index (κ3) is 1.73. The quantitative estimate of drug-likeness (QED) is 0.525. The zero-order chi connectivity index (χ0) is 7.84. The predicted molar refractivity (Wildman–Crippen MR) is 57.5 cm³/mol. The summed E-state index contributed by atoms with van der Waals surface area (Å²) in [7, 11) is 0. The first-order chi connectivity index (χ1) is 5.25. The maximum Gasteiger partial charge on any atom is 0.134 e. The van der Waals surface area contributed by atoms with E-state index in [4.69, 9.17) is 12.2 Å². The van der Waals surface area contributed by atoms with Crippen LogP contribution in [0, 0.1) is 0 Å². The molecule has 3 atom stereocenters. The van der Waals surface area contributed by atoms with E-state index in [1.807, 2.05) is 11.8 Å². The topological polar surface area (TPSA) is 12.0 Å². The first kappa shape index (κ1) is 8.32. The van der Waals surface area contributed by atoms with Crippen LogP contribution in [0.15, 0.2) is 0 Å². The van der Waals surface area contributed by atoms with Gasteiger partial charge in [0.05, 0.1) is 0 Å². The van der Waals surface area contributed by atoms with E-state index in [0.29, 0.717) is 10.9 Å². The minimum absolute atomic E-state index is 0.644. The lowest BCUT2D eigenvalue weighted by atomic mass is 9.95. The molecule has 0 amide bonds. The Balaban J connectivity index is 2.02. The molecule has 4 heteroatoms. The summed E-state index contributed by atoms with van der Waals surface area (Å²) in [5.74, 6) is 0. The lowest BCUT2D eigenvalue weighted by Crippen LogP contribution is -2.37. The second-order valence-corrected chi connectivity index (χ2v) is 6.32. The van der Waals surface area contributed by atoms with Crippen molar-refractivity contribution in [1.82, 2.24) is 5.32 Å². The molecule has 0 spiro atoms. The molecule has 1 heterocycles. The van der Waals surface area contributed by atoms with Crippen molar-refractivity contribution in [3.8, 4) is 0 Å². The van der Waals surface area contributed by atoms with Crippen molar-refractivity contribution in [1.29, 1.82) is 0 Å². The minimum Gasteiger partial charge on any atom is -0.367 e. The van der Waals surface area contributed by atoms with Crippen molar-refractivity contribution in [2.24, 2.45) is 0 Å². The van der Waals surface area contributed by atoms with Gasteiger partial charge in [0.2, 0.25) is 0 Å². The molecule has 0 bridgehead atoms. The molecule has 0 radical (unpaired) electrons. The zero-order valence-corrected chi connectivity index (χ0v) is 9.27. The number of rotatable bonds is 0. The predicted octanol–water partition coefficient (Wildman–Crippen LogP) is 2.29. The van der Waals surface area contributed by atoms with E-state index in [9.17, 15) is 0 Å². The molecule has 2 aliphatic rings. The molecule has 62 valence electrons. The van der Waals surface area contributed by atoms with Gasteiger partial charge in [-0.2, -0.15) is 0 Å². The number of thiocarbonyl (C=S) groups is 1. The Hall–Kier alpha value is 0.720. The smallest absolute Gasteiger partial charge is 0.134 e. The Kier molecular flexibility index (Phi) is 2.44. The van der Waals surface area contributed by atoms with Crippen LogP contribution >= 0.6 is 39.9 Å². The van der Waals surface area contributed by atoms with E-state index >= 15 is 0 Å². The van der Waals surface area contributed by atoms with Gasteiger partial charge in [-0.25, -0.2) is 0 Å². The van der Waals surface area contributed by atoms with E-state index in [1.165, 1.54) is 19.3 Å². The Morgan fingerprint density at radius 2 is 2.36 bits per heavy atom. The highest BCUT2D eigenvalue weighted by Gasteiger charge is 2.35. The summed E-state index contributed by atoms with van der Waals surface area (Å²) in [6.45, 7) is 0. The zero-order valence-electron chi connectivity index (χ0n) is 6.05. The fourth-order valence-electron chi connectivity index (χ4n) is 1.71. The molecule has 0 aromatic heterocycles. The van der Waals surface area contributed by atoms with E-state index < -0.39 is 0 Å². The molecule has 3 unspecified atom stereocenters. The second-order valence-electron chi connectivity index (χ2n) is 3.10. The largest absolute Gasteiger partial charge is 0.367 e. The van der Waals surface area contributed by atoms with Crippen LogP contribution in [0.2, 0.25) is 0 Å². The molecule has 1 aliphatic heterocycles. The van der Waals surface area contributed by atoms with E-state index in [2.05, 4.69) is 21.2 Å². The Labute approximate surface area is 84.8 Å². The van der Waals surface area contributed by atoms with Crippen molar-refractivity contribution >= 4 is 44.2 Å². The van der Waals surface area contributed by atoms with Gasteiger partial charge in [-0.1, -0.05) is 39.9 Å². The molecule has 0 aromatic rings. The molecule has 11 heavy (non-hydrogen) atoms. The molecular weight excluding hydrogens is 242 g/mol. The van der Waals surface area contributed by atoms with Gasteiger partial charge in [-0.3, -0.25) is 0 Å². The van der Waals surface area contributed by atoms with Crippen LogP contribution in [0.5, 0.6) is 0 Å². The summed E-state index contributed by atoms with van der Waals surface area (Å²) in [4.78, 5) is 0.706. The summed E-state index contributed by atoms with van der Waals surface area (Å²) in [5.41, 5.74) is 0. The van der Waals surface area contributed by atoms with Crippen molar-refractivity contribution in [2.75, 3.05) is 0 Å². The van der Waals surface area contributed by atoms with Crippen molar-refractivity contribution in [3.63, 3.8) is 0 Å². The highest BCUT2D eigenvalue weighted by molar-refractivity contribution is 9.09. The number of halogens is 1. The second kappa shape index (κ2) is 3.23. The maximum atomic E-state index is 5.11. The monoisotopic (exact) mass is 251 g/mol. The van der Waals surface area contributed by atoms with Crippen LogP contribution in [0.3, 0.4) is 0 Å². The van der Waals surface area contributed by atoms with Crippen molar-refractivity contribution in [3.05, 3.63) is 0 Å². The first-order valence-electron chi connectivity index (χ1n) is 3.87. The normalized spacial score (nSPS) is 43.4. The van der Waals surface area contributed by atoms with Crippen LogP contribution in [0.4, 0.5) is 0 Å². The summed E-state index contributed by atoms with van der Waals surface area (Å²) < 4.78 is 1.00.